The van der Waals surface area contributed by atoms with Gasteiger partial charge in [0.25, 0.3) is 0 Å². The normalized spacial score (nSPS) is 11.7. The van der Waals surface area contributed by atoms with Crippen LogP contribution in [0.1, 0.15) is 0 Å². The topological polar surface area (TPSA) is 21.3 Å². The molecule has 304 valence electrons. The van der Waals surface area contributed by atoms with Crippen molar-refractivity contribution in [2.24, 2.45) is 0 Å². The third-order valence-electron chi connectivity index (χ3n) is 13.2. The minimum absolute atomic E-state index is 0.881. The van der Waals surface area contributed by atoms with Crippen molar-refractivity contribution >= 4 is 82.4 Å². The van der Waals surface area contributed by atoms with E-state index in [4.69, 9.17) is 4.42 Å². The summed E-state index contributed by atoms with van der Waals surface area (Å²) in [6.45, 7) is 0. The van der Waals surface area contributed by atoms with E-state index in [1.54, 1.807) is 0 Å². The molecular weight excluding hydrogens is 789 g/mol. The lowest BCUT2D eigenvalue weighted by Gasteiger charge is -2.29. The van der Waals surface area contributed by atoms with Crippen LogP contribution in [-0.2, 0) is 0 Å². The van der Waals surface area contributed by atoms with Crippen molar-refractivity contribution in [3.8, 4) is 39.1 Å². The lowest BCUT2D eigenvalue weighted by Crippen LogP contribution is -2.12. The molecule has 0 fully saturated rings. The van der Waals surface area contributed by atoms with Crippen molar-refractivity contribution < 1.29 is 4.42 Å². The highest BCUT2D eigenvalue weighted by Gasteiger charge is 2.23. The van der Waals surface area contributed by atoms with Gasteiger partial charge in [-0.1, -0.05) is 176 Å². The van der Waals surface area contributed by atoms with Crippen LogP contribution >= 0.6 is 0 Å². The Bertz CT molecular complexity index is 3910. The van der Waals surface area contributed by atoms with Gasteiger partial charge in [0.2, 0.25) is 0 Å². The largest absolute Gasteiger partial charge is 0.456 e. The zero-order valence-corrected chi connectivity index (χ0v) is 35.4. The van der Waals surface area contributed by atoms with Gasteiger partial charge < -0.3 is 13.9 Å². The number of hydrogen-bond donors (Lipinski definition) is 0. The molecule has 13 rings (SSSR count). The number of fused-ring (bicyclic) bond motifs is 9. The van der Waals surface area contributed by atoms with Crippen molar-refractivity contribution in [3.05, 3.63) is 243 Å². The number of aromatic nitrogens is 1. The summed E-state index contributed by atoms with van der Waals surface area (Å²) in [6, 6.07) is 87.8. The molecule has 0 aliphatic carbocycles. The summed E-state index contributed by atoms with van der Waals surface area (Å²) in [4.78, 5) is 2.45. The van der Waals surface area contributed by atoms with Crippen LogP contribution in [-0.4, -0.2) is 4.57 Å². The summed E-state index contributed by atoms with van der Waals surface area (Å²) in [5.41, 5.74) is 15.5. The molecular formula is C62H40N2O. The van der Waals surface area contributed by atoms with Gasteiger partial charge in [-0.2, -0.15) is 0 Å². The summed E-state index contributed by atoms with van der Waals surface area (Å²) >= 11 is 0. The van der Waals surface area contributed by atoms with Crippen LogP contribution in [0.4, 0.5) is 17.1 Å². The third-order valence-corrected chi connectivity index (χ3v) is 13.2. The second-order valence-electron chi connectivity index (χ2n) is 16.8. The number of benzene rings is 11. The molecule has 0 saturated heterocycles. The summed E-state index contributed by atoms with van der Waals surface area (Å²) in [6.07, 6.45) is 0. The molecule has 0 atom stereocenters. The second-order valence-corrected chi connectivity index (χ2v) is 16.8. The van der Waals surface area contributed by atoms with Gasteiger partial charge in [-0.25, -0.2) is 0 Å². The Labute approximate surface area is 376 Å². The molecule has 0 amide bonds. The van der Waals surface area contributed by atoms with Gasteiger partial charge in [0.1, 0.15) is 11.2 Å². The molecule has 2 aromatic heterocycles. The predicted octanol–water partition coefficient (Wildman–Crippen LogP) is 17.5. The number of rotatable bonds is 7. The molecule has 65 heavy (non-hydrogen) atoms. The first-order chi connectivity index (χ1) is 32.2. The number of para-hydroxylation sites is 4. The van der Waals surface area contributed by atoms with E-state index in [0.29, 0.717) is 0 Å². The Morgan fingerprint density at radius 2 is 0.877 bits per heavy atom. The van der Waals surface area contributed by atoms with Crippen molar-refractivity contribution in [3.63, 3.8) is 0 Å². The monoisotopic (exact) mass is 828 g/mol. The minimum atomic E-state index is 0.881. The highest BCUT2D eigenvalue weighted by molar-refractivity contribution is 6.17. The lowest BCUT2D eigenvalue weighted by molar-refractivity contribution is 0.669. The van der Waals surface area contributed by atoms with Crippen molar-refractivity contribution in [2.75, 3.05) is 4.90 Å². The van der Waals surface area contributed by atoms with Gasteiger partial charge in [0.15, 0.2) is 0 Å². The van der Waals surface area contributed by atoms with E-state index >= 15 is 0 Å². The molecule has 0 spiro atoms. The average molecular weight is 829 g/mol. The maximum absolute atomic E-state index is 6.42. The molecule has 0 N–H and O–H groups in total. The van der Waals surface area contributed by atoms with Crippen LogP contribution in [0.5, 0.6) is 0 Å². The van der Waals surface area contributed by atoms with Gasteiger partial charge in [0, 0.05) is 43.9 Å². The van der Waals surface area contributed by atoms with E-state index in [0.717, 1.165) is 66.9 Å². The fourth-order valence-corrected chi connectivity index (χ4v) is 10.2. The Kier molecular flexibility index (Phi) is 8.53. The standard InChI is InChI=1S/C62H40N2O/c1-2-21-49-42(15-1)33-34-43-16-13-30-58(61(43)49)63(57-29-9-5-24-52(57)53-26-14-32-60-62(53)54-25-6-10-31-59(54)65-60)47-37-35-41(36-38-47)44-17-11-18-45(39-44)46-19-12-20-48(40-46)64-55-27-7-3-22-50(55)51-23-4-8-28-56(51)64/h1-40H. The molecule has 0 saturated carbocycles. The minimum Gasteiger partial charge on any atom is -0.456 e. The Morgan fingerprint density at radius 3 is 1.69 bits per heavy atom. The highest BCUT2D eigenvalue weighted by atomic mass is 16.3. The molecule has 3 nitrogen and oxygen atoms in total. The smallest absolute Gasteiger partial charge is 0.136 e. The predicted molar refractivity (Wildman–Crippen MR) is 274 cm³/mol. The van der Waals surface area contributed by atoms with E-state index in [9.17, 15) is 0 Å². The van der Waals surface area contributed by atoms with Crippen LogP contribution in [0.3, 0.4) is 0 Å². The van der Waals surface area contributed by atoms with Crippen LogP contribution in [0.15, 0.2) is 247 Å². The average Bonchev–Trinajstić information content (AvgIpc) is 3.93. The van der Waals surface area contributed by atoms with E-state index in [2.05, 4.69) is 246 Å². The van der Waals surface area contributed by atoms with Gasteiger partial charge in [0.05, 0.1) is 22.4 Å². The lowest BCUT2D eigenvalue weighted by atomic mass is 9.95. The molecule has 0 unspecified atom stereocenters. The van der Waals surface area contributed by atoms with Crippen LogP contribution in [0.2, 0.25) is 0 Å². The number of nitrogens with zero attached hydrogens (tertiary/aromatic N) is 2. The molecule has 0 aliphatic rings. The van der Waals surface area contributed by atoms with Gasteiger partial charge >= 0.3 is 0 Å². The summed E-state index contributed by atoms with van der Waals surface area (Å²) in [5.74, 6) is 0. The summed E-state index contributed by atoms with van der Waals surface area (Å²) in [7, 11) is 0. The van der Waals surface area contributed by atoms with E-state index < -0.39 is 0 Å². The fraction of sp³-hybridized carbons (Fsp3) is 0. The van der Waals surface area contributed by atoms with E-state index in [1.165, 1.54) is 54.5 Å². The third kappa shape index (κ3) is 6.05. The van der Waals surface area contributed by atoms with Gasteiger partial charge in [-0.05, 0) is 111 Å². The first-order valence-corrected chi connectivity index (χ1v) is 22.2. The Morgan fingerprint density at radius 1 is 0.323 bits per heavy atom. The SMILES string of the molecule is c1cc(-c2ccc(N(c3ccccc3-c3cccc4oc5ccccc5c34)c3cccc4ccc5ccccc5c34)cc2)cc(-c2cccc(-n3c4ccccc4c4ccccc43)c2)c1. The molecule has 0 bridgehead atoms. The van der Waals surface area contributed by atoms with Gasteiger partial charge in [-0.3, -0.25) is 0 Å². The quantitative estimate of drug-likeness (QED) is 0.149. The Balaban J connectivity index is 0.946. The summed E-state index contributed by atoms with van der Waals surface area (Å²) < 4.78 is 8.81. The highest BCUT2D eigenvalue weighted by Crippen LogP contribution is 2.47. The zero-order chi connectivity index (χ0) is 42.8. The first kappa shape index (κ1) is 36.9. The number of furan rings is 1. The molecule has 11 aromatic carbocycles. The molecule has 2 heterocycles. The van der Waals surface area contributed by atoms with Crippen LogP contribution in [0.25, 0.3) is 104 Å². The second kappa shape index (κ2) is 15.0. The van der Waals surface area contributed by atoms with Crippen LogP contribution in [0, 0.1) is 0 Å². The van der Waals surface area contributed by atoms with Crippen molar-refractivity contribution in [1.29, 1.82) is 0 Å². The number of hydrogen-bond acceptors (Lipinski definition) is 2. The molecule has 0 radical (unpaired) electrons. The molecule has 0 aliphatic heterocycles. The zero-order valence-electron chi connectivity index (χ0n) is 35.4. The molecule has 3 heteroatoms. The first-order valence-electron chi connectivity index (χ1n) is 22.2. The fourth-order valence-electron chi connectivity index (χ4n) is 10.2. The number of anilines is 3. The van der Waals surface area contributed by atoms with Gasteiger partial charge in [-0.15, -0.1) is 0 Å². The van der Waals surface area contributed by atoms with E-state index in [-0.39, 0.29) is 0 Å². The van der Waals surface area contributed by atoms with Crippen molar-refractivity contribution in [2.45, 2.75) is 0 Å². The maximum Gasteiger partial charge on any atom is 0.136 e. The van der Waals surface area contributed by atoms with Crippen LogP contribution < -0.4 is 4.90 Å². The Hall–Kier alpha value is -8.66. The maximum atomic E-state index is 6.42. The summed E-state index contributed by atoms with van der Waals surface area (Å²) in [5, 5.41) is 9.61. The van der Waals surface area contributed by atoms with E-state index in [1.807, 2.05) is 6.07 Å². The van der Waals surface area contributed by atoms with Crippen molar-refractivity contribution in [1.82, 2.24) is 4.57 Å². The molecule has 13 aromatic rings.